The number of aryl methyl sites for hydroxylation is 1. The molecule has 0 aliphatic heterocycles. The van der Waals surface area contributed by atoms with Crippen molar-refractivity contribution in [2.45, 2.75) is 45.4 Å². The second kappa shape index (κ2) is 7.70. The van der Waals surface area contributed by atoms with E-state index in [4.69, 9.17) is 4.74 Å². The van der Waals surface area contributed by atoms with E-state index in [0.29, 0.717) is 23.6 Å². The fourth-order valence-electron chi connectivity index (χ4n) is 4.85. The number of carbonyl (C=O) groups excluding carboxylic acids is 2. The Morgan fingerprint density at radius 3 is 2.61 bits per heavy atom. The molecule has 0 radical (unpaired) electrons. The number of ether oxygens (including phenoxy) is 1. The third kappa shape index (κ3) is 3.26. The lowest BCUT2D eigenvalue weighted by molar-refractivity contribution is -0.146. The number of fused-ring (bicyclic) bond motifs is 3. The number of thiophene rings is 1. The van der Waals surface area contributed by atoms with Crippen molar-refractivity contribution in [2.24, 2.45) is 23.7 Å². The van der Waals surface area contributed by atoms with Crippen LogP contribution in [0.15, 0.2) is 12.2 Å². The zero-order valence-electron chi connectivity index (χ0n) is 15.9. The Morgan fingerprint density at radius 2 is 1.89 bits per heavy atom. The molecule has 0 aromatic carbocycles. The number of aliphatic carboxylic acids is 1. The molecule has 6 nitrogen and oxygen atoms in total. The first-order valence-corrected chi connectivity index (χ1v) is 10.9. The third-order valence-electron chi connectivity index (χ3n) is 6.10. The zero-order valence-corrected chi connectivity index (χ0v) is 16.7. The molecule has 1 heterocycles. The number of hydrogen-bond donors (Lipinski definition) is 2. The monoisotopic (exact) mass is 403 g/mol. The summed E-state index contributed by atoms with van der Waals surface area (Å²) in [5.41, 5.74) is 1.47. The SMILES string of the molecule is CCCOC(=O)c1c(NC(=O)[C@@H]2[C@@H](C(=O)O)[C@H]3C=C[C@H]2C3)sc2c1CCCC2. The van der Waals surface area contributed by atoms with Gasteiger partial charge in [-0.05, 0) is 55.9 Å². The van der Waals surface area contributed by atoms with Crippen LogP contribution in [0.5, 0.6) is 0 Å². The summed E-state index contributed by atoms with van der Waals surface area (Å²) < 4.78 is 5.37. The van der Waals surface area contributed by atoms with E-state index >= 15 is 0 Å². The summed E-state index contributed by atoms with van der Waals surface area (Å²) in [4.78, 5) is 38.6. The fourth-order valence-corrected chi connectivity index (χ4v) is 6.13. The number of allylic oxidation sites excluding steroid dienone is 2. The second-order valence-corrected chi connectivity index (χ2v) is 8.98. The minimum Gasteiger partial charge on any atom is -0.481 e. The molecule has 1 aromatic heterocycles. The molecule has 2 N–H and O–H groups in total. The molecule has 150 valence electrons. The molecule has 4 atom stereocenters. The average Bonchev–Trinajstić information content (AvgIpc) is 3.37. The minimum atomic E-state index is -0.926. The molecule has 1 saturated carbocycles. The highest BCUT2D eigenvalue weighted by Gasteiger charge is 2.51. The van der Waals surface area contributed by atoms with Crippen LogP contribution in [-0.4, -0.2) is 29.6 Å². The average molecular weight is 404 g/mol. The van der Waals surface area contributed by atoms with Crippen molar-refractivity contribution >= 4 is 34.2 Å². The van der Waals surface area contributed by atoms with Gasteiger partial charge in [0, 0.05) is 4.88 Å². The molecule has 3 aliphatic carbocycles. The summed E-state index contributed by atoms with van der Waals surface area (Å²) in [5.74, 6) is -3.03. The number of hydrogen-bond acceptors (Lipinski definition) is 5. The Balaban J connectivity index is 1.61. The maximum atomic E-state index is 13.1. The van der Waals surface area contributed by atoms with Crippen LogP contribution in [0.25, 0.3) is 0 Å². The number of amides is 1. The number of carboxylic acids is 1. The highest BCUT2D eigenvalue weighted by molar-refractivity contribution is 7.17. The van der Waals surface area contributed by atoms with Gasteiger partial charge in [0.25, 0.3) is 0 Å². The molecular formula is C21H25NO5S. The van der Waals surface area contributed by atoms with Crippen LogP contribution in [0.2, 0.25) is 0 Å². The van der Waals surface area contributed by atoms with Gasteiger partial charge in [-0.3, -0.25) is 9.59 Å². The molecule has 7 heteroatoms. The Hall–Kier alpha value is -2.15. The van der Waals surface area contributed by atoms with Crippen LogP contribution in [-0.2, 0) is 27.2 Å². The molecule has 28 heavy (non-hydrogen) atoms. The van der Waals surface area contributed by atoms with E-state index < -0.39 is 17.8 Å². The first kappa shape index (κ1) is 19.2. The number of nitrogens with one attached hydrogen (secondary N) is 1. The highest BCUT2D eigenvalue weighted by Crippen LogP contribution is 2.49. The first-order valence-electron chi connectivity index (χ1n) is 10.0. The zero-order chi connectivity index (χ0) is 19.8. The predicted molar refractivity (Wildman–Crippen MR) is 106 cm³/mol. The molecular weight excluding hydrogens is 378 g/mol. The lowest BCUT2D eigenvalue weighted by Gasteiger charge is -2.23. The summed E-state index contributed by atoms with van der Waals surface area (Å²) in [5, 5.41) is 13.0. The number of carbonyl (C=O) groups is 3. The molecule has 0 spiro atoms. The van der Waals surface area contributed by atoms with Gasteiger partial charge in [-0.15, -0.1) is 11.3 Å². The van der Waals surface area contributed by atoms with E-state index in [9.17, 15) is 19.5 Å². The van der Waals surface area contributed by atoms with Crippen LogP contribution in [0.1, 0.15) is 53.4 Å². The Morgan fingerprint density at radius 1 is 1.18 bits per heavy atom. The van der Waals surface area contributed by atoms with Gasteiger partial charge >= 0.3 is 11.9 Å². The van der Waals surface area contributed by atoms with Gasteiger partial charge in [0.05, 0.1) is 24.0 Å². The molecule has 1 aromatic rings. The quantitative estimate of drug-likeness (QED) is 0.559. The van der Waals surface area contributed by atoms with Gasteiger partial charge in [0.15, 0.2) is 0 Å². The van der Waals surface area contributed by atoms with E-state index in [1.807, 2.05) is 19.1 Å². The van der Waals surface area contributed by atoms with Crippen molar-refractivity contribution < 1.29 is 24.2 Å². The molecule has 2 bridgehead atoms. The maximum absolute atomic E-state index is 13.1. The normalized spacial score (nSPS) is 27.5. The summed E-state index contributed by atoms with van der Waals surface area (Å²) in [6.45, 7) is 2.28. The number of carboxylic acid groups (broad SMARTS) is 1. The Bertz CT molecular complexity index is 842. The maximum Gasteiger partial charge on any atom is 0.341 e. The standard InChI is InChI=1S/C21H25NO5S/c1-2-9-27-21(26)17-13-5-3-4-6-14(13)28-19(17)22-18(23)15-11-7-8-12(10-11)16(15)20(24)25/h7-8,11-12,15-16H,2-6,9-10H2,1H3,(H,22,23)(H,24,25)/t11-,12-,15-,16-/m0/s1. The molecule has 4 rings (SSSR count). The summed E-state index contributed by atoms with van der Waals surface area (Å²) in [6, 6.07) is 0. The second-order valence-electron chi connectivity index (χ2n) is 7.88. The molecule has 3 aliphatic rings. The van der Waals surface area contributed by atoms with Crippen LogP contribution in [0.3, 0.4) is 0 Å². The lowest BCUT2D eigenvalue weighted by Crippen LogP contribution is -2.36. The molecule has 0 unspecified atom stereocenters. The van der Waals surface area contributed by atoms with Crippen molar-refractivity contribution in [2.75, 3.05) is 11.9 Å². The van der Waals surface area contributed by atoms with Crippen LogP contribution >= 0.6 is 11.3 Å². The lowest BCUT2D eigenvalue weighted by atomic mass is 9.82. The van der Waals surface area contributed by atoms with E-state index in [0.717, 1.165) is 42.5 Å². The fraction of sp³-hybridized carbons (Fsp3) is 0.571. The highest BCUT2D eigenvalue weighted by atomic mass is 32.1. The van der Waals surface area contributed by atoms with E-state index in [1.165, 1.54) is 11.3 Å². The van der Waals surface area contributed by atoms with Crippen molar-refractivity contribution in [1.29, 1.82) is 0 Å². The summed E-state index contributed by atoms with van der Waals surface area (Å²) in [6.07, 6.45) is 9.13. The number of anilines is 1. The summed E-state index contributed by atoms with van der Waals surface area (Å²) in [7, 11) is 0. The van der Waals surface area contributed by atoms with Gasteiger partial charge in [0.1, 0.15) is 5.00 Å². The third-order valence-corrected chi connectivity index (χ3v) is 7.30. The van der Waals surface area contributed by atoms with E-state index in [-0.39, 0.29) is 23.7 Å². The van der Waals surface area contributed by atoms with Crippen LogP contribution < -0.4 is 5.32 Å². The van der Waals surface area contributed by atoms with E-state index in [1.54, 1.807) is 0 Å². The largest absolute Gasteiger partial charge is 0.481 e. The summed E-state index contributed by atoms with van der Waals surface area (Å²) >= 11 is 1.44. The van der Waals surface area contributed by atoms with Crippen molar-refractivity contribution in [1.82, 2.24) is 0 Å². The smallest absolute Gasteiger partial charge is 0.341 e. The number of rotatable bonds is 6. The van der Waals surface area contributed by atoms with Crippen molar-refractivity contribution in [3.8, 4) is 0 Å². The van der Waals surface area contributed by atoms with Gasteiger partial charge in [-0.2, -0.15) is 0 Å². The first-order chi connectivity index (χ1) is 13.5. The minimum absolute atomic E-state index is 0.0452. The van der Waals surface area contributed by atoms with Gasteiger partial charge in [-0.25, -0.2) is 4.79 Å². The van der Waals surface area contributed by atoms with E-state index in [2.05, 4.69) is 5.32 Å². The van der Waals surface area contributed by atoms with Crippen LogP contribution in [0, 0.1) is 23.7 Å². The van der Waals surface area contributed by atoms with Gasteiger partial charge in [-0.1, -0.05) is 19.1 Å². The van der Waals surface area contributed by atoms with Gasteiger partial charge < -0.3 is 15.2 Å². The Kier molecular flexibility index (Phi) is 5.27. The predicted octanol–water partition coefficient (Wildman–Crippen LogP) is 3.66. The number of esters is 1. The van der Waals surface area contributed by atoms with Gasteiger partial charge in [0.2, 0.25) is 5.91 Å². The van der Waals surface area contributed by atoms with Crippen molar-refractivity contribution in [3.63, 3.8) is 0 Å². The Labute approximate surface area is 168 Å². The molecule has 1 amide bonds. The topological polar surface area (TPSA) is 92.7 Å². The van der Waals surface area contributed by atoms with Crippen LogP contribution in [0.4, 0.5) is 5.00 Å². The molecule has 1 fully saturated rings. The molecule has 0 saturated heterocycles. The van der Waals surface area contributed by atoms with Crippen molar-refractivity contribution in [3.05, 3.63) is 28.2 Å².